The molecule has 0 amide bonds. The Morgan fingerprint density at radius 1 is 1.26 bits per heavy atom. The van der Waals surface area contributed by atoms with Gasteiger partial charge < -0.3 is 10.6 Å². The molecule has 0 bridgehead atoms. The van der Waals surface area contributed by atoms with E-state index in [1.54, 1.807) is 0 Å². The van der Waals surface area contributed by atoms with Crippen LogP contribution in [0, 0.1) is 5.92 Å². The molecule has 2 N–H and O–H groups in total. The Balaban J connectivity index is 1.86. The molecule has 1 saturated carbocycles. The predicted octanol–water partition coefficient (Wildman–Crippen LogP) is 3.74. The first-order valence-electron chi connectivity index (χ1n) is 7.03. The highest BCUT2D eigenvalue weighted by molar-refractivity contribution is 7.80. The topological polar surface area (TPSA) is 29.3 Å². The SMILES string of the molecule is NC(=S)c1ccc(N2CCC3CCCCC32)cc1Cl. The molecule has 1 aliphatic carbocycles. The van der Waals surface area contributed by atoms with Gasteiger partial charge in [0.15, 0.2) is 0 Å². The number of halogens is 1. The van der Waals surface area contributed by atoms with Crippen LogP contribution >= 0.6 is 23.8 Å². The summed E-state index contributed by atoms with van der Waals surface area (Å²) in [5, 5.41) is 0.671. The Labute approximate surface area is 124 Å². The van der Waals surface area contributed by atoms with Crippen molar-refractivity contribution in [2.45, 2.75) is 38.1 Å². The quantitative estimate of drug-likeness (QED) is 0.843. The Morgan fingerprint density at radius 3 is 2.79 bits per heavy atom. The molecule has 2 fully saturated rings. The number of nitrogens with zero attached hydrogens (tertiary/aromatic N) is 1. The monoisotopic (exact) mass is 294 g/mol. The van der Waals surface area contributed by atoms with Gasteiger partial charge in [-0.1, -0.05) is 36.7 Å². The number of anilines is 1. The molecule has 102 valence electrons. The third-order valence-electron chi connectivity index (χ3n) is 4.56. The molecule has 2 atom stereocenters. The fourth-order valence-corrected chi connectivity index (χ4v) is 4.12. The highest BCUT2D eigenvalue weighted by Gasteiger charge is 2.35. The summed E-state index contributed by atoms with van der Waals surface area (Å²) >= 11 is 11.3. The van der Waals surface area contributed by atoms with E-state index < -0.39 is 0 Å². The number of nitrogens with two attached hydrogens (primary N) is 1. The first-order chi connectivity index (χ1) is 9.16. The van der Waals surface area contributed by atoms with Gasteiger partial charge in [0.2, 0.25) is 0 Å². The van der Waals surface area contributed by atoms with Crippen LogP contribution in [0.1, 0.15) is 37.7 Å². The van der Waals surface area contributed by atoms with Gasteiger partial charge in [0.05, 0.1) is 5.02 Å². The first kappa shape index (κ1) is 13.2. The van der Waals surface area contributed by atoms with Gasteiger partial charge in [0.1, 0.15) is 4.99 Å². The molecule has 2 nitrogen and oxygen atoms in total. The van der Waals surface area contributed by atoms with Crippen LogP contribution in [0.5, 0.6) is 0 Å². The van der Waals surface area contributed by atoms with Crippen molar-refractivity contribution in [1.82, 2.24) is 0 Å². The lowest BCUT2D eigenvalue weighted by Crippen LogP contribution is -2.34. The summed E-state index contributed by atoms with van der Waals surface area (Å²) in [6.45, 7) is 1.15. The van der Waals surface area contributed by atoms with E-state index in [-0.39, 0.29) is 0 Å². The third-order valence-corrected chi connectivity index (χ3v) is 5.09. The highest BCUT2D eigenvalue weighted by atomic mass is 35.5. The number of hydrogen-bond acceptors (Lipinski definition) is 2. The largest absolute Gasteiger partial charge is 0.389 e. The van der Waals surface area contributed by atoms with E-state index in [1.807, 2.05) is 12.1 Å². The van der Waals surface area contributed by atoms with Crippen LogP contribution in [0.2, 0.25) is 5.02 Å². The fraction of sp³-hybridized carbons (Fsp3) is 0.533. The Morgan fingerprint density at radius 2 is 2.05 bits per heavy atom. The first-order valence-corrected chi connectivity index (χ1v) is 7.81. The highest BCUT2D eigenvalue weighted by Crippen LogP contribution is 2.39. The average Bonchev–Trinajstić information content (AvgIpc) is 2.82. The van der Waals surface area contributed by atoms with Gasteiger partial charge in [-0.2, -0.15) is 0 Å². The van der Waals surface area contributed by atoms with Crippen LogP contribution in [-0.4, -0.2) is 17.6 Å². The maximum atomic E-state index is 6.28. The van der Waals surface area contributed by atoms with Crippen LogP contribution in [0.4, 0.5) is 5.69 Å². The standard InChI is InChI=1S/C15H19ClN2S/c16-13-9-11(5-6-12(13)15(17)19)18-8-7-10-3-1-2-4-14(10)18/h5-6,9-10,14H,1-4,7-8H2,(H2,17,19). The zero-order chi connectivity index (χ0) is 13.4. The van der Waals surface area contributed by atoms with E-state index in [1.165, 1.54) is 37.8 Å². The third kappa shape index (κ3) is 2.46. The molecule has 1 aromatic rings. The van der Waals surface area contributed by atoms with Crippen molar-refractivity contribution in [2.24, 2.45) is 11.7 Å². The lowest BCUT2D eigenvalue weighted by Gasteiger charge is -2.33. The second-order valence-electron chi connectivity index (χ2n) is 5.62. The molecule has 0 spiro atoms. The molecule has 4 heteroatoms. The molecule has 1 aromatic carbocycles. The second-order valence-corrected chi connectivity index (χ2v) is 6.47. The molecular weight excluding hydrogens is 276 g/mol. The van der Waals surface area contributed by atoms with E-state index >= 15 is 0 Å². The predicted molar refractivity (Wildman–Crippen MR) is 85.0 cm³/mol. The Bertz CT molecular complexity index is 503. The van der Waals surface area contributed by atoms with Crippen molar-refractivity contribution in [3.63, 3.8) is 0 Å². The van der Waals surface area contributed by atoms with Crippen LogP contribution in [0.3, 0.4) is 0 Å². The van der Waals surface area contributed by atoms with Crippen LogP contribution < -0.4 is 10.6 Å². The molecule has 1 heterocycles. The Hall–Kier alpha value is -0.800. The van der Waals surface area contributed by atoms with Gasteiger partial charge in [-0.3, -0.25) is 0 Å². The van der Waals surface area contributed by atoms with Crippen molar-refractivity contribution in [3.8, 4) is 0 Å². The van der Waals surface area contributed by atoms with Crippen molar-refractivity contribution in [1.29, 1.82) is 0 Å². The fourth-order valence-electron chi connectivity index (χ4n) is 3.61. The van der Waals surface area contributed by atoms with Gasteiger partial charge in [-0.15, -0.1) is 0 Å². The molecule has 1 aliphatic heterocycles. The molecule has 1 saturated heterocycles. The molecule has 2 unspecified atom stereocenters. The van der Waals surface area contributed by atoms with Gasteiger partial charge in [-0.25, -0.2) is 0 Å². The minimum atomic E-state index is 0.369. The summed E-state index contributed by atoms with van der Waals surface area (Å²) in [5.41, 5.74) is 7.66. The maximum Gasteiger partial charge on any atom is 0.105 e. The van der Waals surface area contributed by atoms with Crippen LogP contribution in [0.25, 0.3) is 0 Å². The molecular formula is C15H19ClN2S. The Kier molecular flexibility index (Phi) is 3.68. The lowest BCUT2D eigenvalue weighted by molar-refractivity contribution is 0.342. The van der Waals surface area contributed by atoms with Crippen molar-refractivity contribution in [2.75, 3.05) is 11.4 Å². The van der Waals surface area contributed by atoms with Gasteiger partial charge in [0.25, 0.3) is 0 Å². The number of rotatable bonds is 2. The molecule has 19 heavy (non-hydrogen) atoms. The van der Waals surface area contributed by atoms with Crippen molar-refractivity contribution in [3.05, 3.63) is 28.8 Å². The summed E-state index contributed by atoms with van der Waals surface area (Å²) < 4.78 is 0. The lowest BCUT2D eigenvalue weighted by atomic mass is 9.85. The van der Waals surface area contributed by atoms with E-state index in [9.17, 15) is 0 Å². The van der Waals surface area contributed by atoms with Crippen molar-refractivity contribution < 1.29 is 0 Å². The molecule has 2 aliphatic rings. The minimum absolute atomic E-state index is 0.369. The second kappa shape index (κ2) is 5.29. The smallest absolute Gasteiger partial charge is 0.105 e. The van der Waals surface area contributed by atoms with Gasteiger partial charge >= 0.3 is 0 Å². The number of fused-ring (bicyclic) bond motifs is 1. The average molecular weight is 295 g/mol. The maximum absolute atomic E-state index is 6.28. The summed E-state index contributed by atoms with van der Waals surface area (Å²) in [6.07, 6.45) is 6.78. The summed E-state index contributed by atoms with van der Waals surface area (Å²) in [4.78, 5) is 2.90. The number of benzene rings is 1. The summed E-state index contributed by atoms with van der Waals surface area (Å²) in [5.74, 6) is 0.878. The zero-order valence-corrected chi connectivity index (χ0v) is 12.5. The molecule has 0 radical (unpaired) electrons. The van der Waals surface area contributed by atoms with E-state index in [4.69, 9.17) is 29.6 Å². The van der Waals surface area contributed by atoms with Gasteiger partial charge in [-0.05, 0) is 43.4 Å². The van der Waals surface area contributed by atoms with Gasteiger partial charge in [0, 0.05) is 23.8 Å². The van der Waals surface area contributed by atoms with E-state index in [0.717, 1.165) is 18.0 Å². The number of hydrogen-bond donors (Lipinski definition) is 1. The minimum Gasteiger partial charge on any atom is -0.389 e. The van der Waals surface area contributed by atoms with Crippen LogP contribution in [-0.2, 0) is 0 Å². The van der Waals surface area contributed by atoms with Crippen LogP contribution in [0.15, 0.2) is 18.2 Å². The summed E-state index contributed by atoms with van der Waals surface area (Å²) in [6, 6.07) is 6.79. The van der Waals surface area contributed by atoms with E-state index in [0.29, 0.717) is 16.1 Å². The number of thiocarbonyl (C=S) groups is 1. The summed E-state index contributed by atoms with van der Waals surface area (Å²) in [7, 11) is 0. The zero-order valence-electron chi connectivity index (χ0n) is 10.9. The molecule has 3 rings (SSSR count). The molecule has 0 aromatic heterocycles. The van der Waals surface area contributed by atoms with E-state index in [2.05, 4.69) is 11.0 Å². The normalized spacial score (nSPS) is 26.3. The van der Waals surface area contributed by atoms with Crippen molar-refractivity contribution >= 4 is 34.5 Å².